The average Bonchev–Trinajstić information content (AvgIpc) is 3.40. The summed E-state index contributed by atoms with van der Waals surface area (Å²) in [5, 5.41) is 14.4. The number of tetrazole rings is 1. The van der Waals surface area contributed by atoms with E-state index in [0.717, 1.165) is 11.1 Å². The van der Waals surface area contributed by atoms with Gasteiger partial charge in [-0.25, -0.2) is 13.9 Å². The second-order valence-corrected chi connectivity index (χ2v) is 7.17. The van der Waals surface area contributed by atoms with Gasteiger partial charge in [0.1, 0.15) is 24.3 Å². The van der Waals surface area contributed by atoms with E-state index < -0.39 is 6.04 Å². The molecule has 1 saturated heterocycles. The topological polar surface area (TPSA) is 102 Å². The minimum absolute atomic E-state index is 0.261. The maximum absolute atomic E-state index is 13.2. The molecule has 1 aromatic heterocycles. The highest BCUT2D eigenvalue weighted by Gasteiger charge is 2.25. The van der Waals surface area contributed by atoms with E-state index in [9.17, 15) is 14.0 Å². The molecule has 4 rings (SSSR count). The molecule has 2 heterocycles. The van der Waals surface area contributed by atoms with Crippen LogP contribution < -0.4 is 10.2 Å². The molecule has 0 saturated carbocycles. The van der Waals surface area contributed by atoms with Crippen molar-refractivity contribution in [2.24, 2.45) is 0 Å². The standard InChI is InChI=1S/C21H21FN6O3/c1-14-24-25-26-28(14)19(12-15-5-7-17(22)8-6-15)20(29)23-13-16-3-2-4-18(11-16)27-9-10-31-21(27)30/h2-8,11,19H,9-10,12-13H2,1H3,(H,23,29). The van der Waals surface area contributed by atoms with Crippen molar-refractivity contribution < 1.29 is 18.7 Å². The second-order valence-electron chi connectivity index (χ2n) is 7.17. The predicted octanol–water partition coefficient (Wildman–Crippen LogP) is 2.18. The Morgan fingerprint density at radius 3 is 2.71 bits per heavy atom. The van der Waals surface area contributed by atoms with Gasteiger partial charge in [0.25, 0.3) is 0 Å². The van der Waals surface area contributed by atoms with E-state index in [1.807, 2.05) is 24.3 Å². The first-order valence-corrected chi connectivity index (χ1v) is 9.81. The number of nitrogens with zero attached hydrogens (tertiary/aromatic N) is 5. The van der Waals surface area contributed by atoms with Crippen molar-refractivity contribution in [3.63, 3.8) is 0 Å². The number of carbonyl (C=O) groups excluding carboxylic acids is 2. The number of ether oxygens (including phenoxy) is 1. The van der Waals surface area contributed by atoms with Crippen molar-refractivity contribution in [3.05, 3.63) is 71.3 Å². The molecule has 10 heteroatoms. The summed E-state index contributed by atoms with van der Waals surface area (Å²) in [4.78, 5) is 26.4. The molecule has 2 amide bonds. The third-order valence-electron chi connectivity index (χ3n) is 5.05. The number of nitrogens with one attached hydrogen (secondary N) is 1. The molecule has 160 valence electrons. The van der Waals surface area contributed by atoms with E-state index >= 15 is 0 Å². The number of amides is 2. The van der Waals surface area contributed by atoms with Gasteiger partial charge in [-0.05, 0) is 52.7 Å². The molecule has 0 aliphatic carbocycles. The van der Waals surface area contributed by atoms with E-state index in [-0.39, 0.29) is 24.4 Å². The lowest BCUT2D eigenvalue weighted by molar-refractivity contribution is -0.124. The summed E-state index contributed by atoms with van der Waals surface area (Å²) >= 11 is 0. The molecule has 0 radical (unpaired) electrons. The van der Waals surface area contributed by atoms with Crippen molar-refractivity contribution in [1.29, 1.82) is 0 Å². The monoisotopic (exact) mass is 424 g/mol. The number of carbonyl (C=O) groups is 2. The van der Waals surface area contributed by atoms with Crippen LogP contribution in [0.4, 0.5) is 14.9 Å². The van der Waals surface area contributed by atoms with Gasteiger partial charge in [-0.1, -0.05) is 24.3 Å². The van der Waals surface area contributed by atoms with Crippen LogP contribution in [0, 0.1) is 12.7 Å². The summed E-state index contributed by atoms with van der Waals surface area (Å²) in [7, 11) is 0. The van der Waals surface area contributed by atoms with Crippen LogP contribution in [0.2, 0.25) is 0 Å². The first kappa shape index (κ1) is 20.5. The minimum Gasteiger partial charge on any atom is -0.447 e. The van der Waals surface area contributed by atoms with E-state index in [0.29, 0.717) is 31.1 Å². The van der Waals surface area contributed by atoms with Gasteiger partial charge in [0, 0.05) is 18.7 Å². The Morgan fingerprint density at radius 1 is 1.23 bits per heavy atom. The molecular formula is C21H21FN6O3. The van der Waals surface area contributed by atoms with Crippen LogP contribution in [-0.4, -0.2) is 45.4 Å². The van der Waals surface area contributed by atoms with Crippen LogP contribution in [0.1, 0.15) is 23.0 Å². The van der Waals surface area contributed by atoms with Gasteiger partial charge in [0.2, 0.25) is 5.91 Å². The molecule has 2 aromatic carbocycles. The molecule has 1 N–H and O–H groups in total. The van der Waals surface area contributed by atoms with Crippen LogP contribution in [0.25, 0.3) is 0 Å². The average molecular weight is 424 g/mol. The summed E-state index contributed by atoms with van der Waals surface area (Å²) in [5.41, 5.74) is 2.33. The molecule has 3 aromatic rings. The first-order valence-electron chi connectivity index (χ1n) is 9.81. The van der Waals surface area contributed by atoms with Gasteiger partial charge in [0.05, 0.1) is 6.54 Å². The normalized spacial score (nSPS) is 14.4. The zero-order valence-electron chi connectivity index (χ0n) is 16.9. The highest BCUT2D eigenvalue weighted by Crippen LogP contribution is 2.20. The van der Waals surface area contributed by atoms with Gasteiger partial charge in [-0.3, -0.25) is 9.69 Å². The Kier molecular flexibility index (Phi) is 5.87. The second kappa shape index (κ2) is 8.90. The lowest BCUT2D eigenvalue weighted by Gasteiger charge is -2.18. The number of hydrogen-bond acceptors (Lipinski definition) is 6. The Hall–Kier alpha value is -3.82. The molecule has 0 spiro atoms. The van der Waals surface area contributed by atoms with E-state index in [4.69, 9.17) is 4.74 Å². The smallest absolute Gasteiger partial charge is 0.414 e. The van der Waals surface area contributed by atoms with Crippen LogP contribution in [-0.2, 0) is 22.5 Å². The zero-order chi connectivity index (χ0) is 21.8. The van der Waals surface area contributed by atoms with Crippen LogP contribution in [0.15, 0.2) is 48.5 Å². The summed E-state index contributed by atoms with van der Waals surface area (Å²) in [6.07, 6.45) is -0.0767. The molecule has 1 fully saturated rings. The van der Waals surface area contributed by atoms with Gasteiger partial charge in [-0.2, -0.15) is 0 Å². The molecule has 1 aliphatic rings. The van der Waals surface area contributed by atoms with Gasteiger partial charge in [-0.15, -0.1) is 5.10 Å². The summed E-state index contributed by atoms with van der Waals surface area (Å²) in [6.45, 7) is 2.82. The molecule has 9 nitrogen and oxygen atoms in total. The lowest BCUT2D eigenvalue weighted by atomic mass is 10.0. The summed E-state index contributed by atoms with van der Waals surface area (Å²) < 4.78 is 19.7. The van der Waals surface area contributed by atoms with E-state index in [2.05, 4.69) is 20.8 Å². The predicted molar refractivity (Wildman–Crippen MR) is 109 cm³/mol. The third-order valence-corrected chi connectivity index (χ3v) is 5.05. The maximum atomic E-state index is 13.2. The Balaban J connectivity index is 1.48. The van der Waals surface area contributed by atoms with Crippen molar-refractivity contribution in [2.75, 3.05) is 18.1 Å². The van der Waals surface area contributed by atoms with Crippen LogP contribution in [0.3, 0.4) is 0 Å². The zero-order valence-corrected chi connectivity index (χ0v) is 16.9. The van der Waals surface area contributed by atoms with E-state index in [1.165, 1.54) is 16.8 Å². The number of cyclic esters (lactones) is 1. The lowest BCUT2D eigenvalue weighted by Crippen LogP contribution is -2.34. The minimum atomic E-state index is -0.697. The van der Waals surface area contributed by atoms with Crippen molar-refractivity contribution >= 4 is 17.7 Å². The van der Waals surface area contributed by atoms with Gasteiger partial charge in [0.15, 0.2) is 0 Å². The molecule has 1 aliphatic heterocycles. The Bertz CT molecular complexity index is 1080. The molecule has 31 heavy (non-hydrogen) atoms. The maximum Gasteiger partial charge on any atom is 0.414 e. The number of rotatable bonds is 7. The van der Waals surface area contributed by atoms with Crippen molar-refractivity contribution in [1.82, 2.24) is 25.5 Å². The Morgan fingerprint density at radius 2 is 2.03 bits per heavy atom. The molecule has 1 unspecified atom stereocenters. The number of aryl methyl sites for hydroxylation is 1. The van der Waals surface area contributed by atoms with Crippen LogP contribution in [0.5, 0.6) is 0 Å². The third kappa shape index (κ3) is 4.68. The molecule has 0 bridgehead atoms. The largest absolute Gasteiger partial charge is 0.447 e. The molecular weight excluding hydrogens is 403 g/mol. The highest BCUT2D eigenvalue weighted by molar-refractivity contribution is 5.89. The fraction of sp³-hybridized carbons (Fsp3) is 0.286. The summed E-state index contributed by atoms with van der Waals surface area (Å²) in [6, 6.07) is 12.6. The summed E-state index contributed by atoms with van der Waals surface area (Å²) in [5.74, 6) is -0.118. The van der Waals surface area contributed by atoms with E-state index in [1.54, 1.807) is 24.0 Å². The number of anilines is 1. The van der Waals surface area contributed by atoms with Gasteiger partial charge >= 0.3 is 6.09 Å². The number of halogens is 1. The number of hydrogen-bond donors (Lipinski definition) is 1. The van der Waals surface area contributed by atoms with Crippen molar-refractivity contribution in [3.8, 4) is 0 Å². The quantitative estimate of drug-likeness (QED) is 0.624. The van der Waals surface area contributed by atoms with Gasteiger partial charge < -0.3 is 10.1 Å². The fourth-order valence-electron chi connectivity index (χ4n) is 3.43. The number of aromatic nitrogens is 4. The highest BCUT2D eigenvalue weighted by atomic mass is 19.1. The SMILES string of the molecule is Cc1nnnn1C(Cc1ccc(F)cc1)C(=O)NCc1cccc(N2CCOC2=O)c1. The Labute approximate surface area is 177 Å². The molecule has 1 atom stereocenters. The first-order chi connectivity index (χ1) is 15.0. The number of benzene rings is 2. The van der Waals surface area contributed by atoms with Crippen molar-refractivity contribution in [2.45, 2.75) is 25.9 Å². The fourth-order valence-corrected chi connectivity index (χ4v) is 3.43. The van der Waals surface area contributed by atoms with Crippen LogP contribution >= 0.6 is 0 Å².